The monoisotopic (exact) mass is 189 g/mol. The van der Waals surface area contributed by atoms with E-state index in [4.69, 9.17) is 10.2 Å². The number of oxazole rings is 1. The van der Waals surface area contributed by atoms with E-state index in [1.54, 1.807) is 18.7 Å². The Morgan fingerprint density at radius 1 is 1.50 bits per heavy atom. The Bertz CT molecular complexity index is 409. The Hall–Kier alpha value is -1.68. The van der Waals surface area contributed by atoms with Gasteiger partial charge in [-0.15, -0.1) is 0 Å². The summed E-state index contributed by atoms with van der Waals surface area (Å²) in [6.45, 7) is 1.92. The lowest BCUT2D eigenvalue weighted by Gasteiger charge is -2.08. The van der Waals surface area contributed by atoms with Crippen LogP contribution in [0.2, 0.25) is 0 Å². The van der Waals surface area contributed by atoms with Crippen LogP contribution in [-0.4, -0.2) is 9.97 Å². The normalized spacial score (nSPS) is 12.7. The minimum atomic E-state index is -0.0598. The average molecular weight is 189 g/mol. The summed E-state index contributed by atoms with van der Waals surface area (Å²) < 4.78 is 4.93. The van der Waals surface area contributed by atoms with Crippen LogP contribution in [0.4, 0.5) is 0 Å². The molecule has 4 nitrogen and oxygen atoms in total. The van der Waals surface area contributed by atoms with E-state index in [1.165, 1.54) is 6.39 Å². The van der Waals surface area contributed by atoms with Crippen molar-refractivity contribution in [1.29, 1.82) is 0 Å². The topological polar surface area (TPSA) is 64.9 Å². The molecule has 4 heteroatoms. The molecule has 1 atom stereocenters. The lowest BCUT2D eigenvalue weighted by Crippen LogP contribution is -2.07. The molecule has 2 aromatic heterocycles. The van der Waals surface area contributed by atoms with Crippen molar-refractivity contribution in [2.75, 3.05) is 0 Å². The first-order chi connectivity index (χ1) is 6.79. The highest BCUT2D eigenvalue weighted by molar-refractivity contribution is 5.62. The molecule has 0 saturated heterocycles. The van der Waals surface area contributed by atoms with Crippen LogP contribution in [-0.2, 0) is 0 Å². The number of pyridine rings is 1. The van der Waals surface area contributed by atoms with Crippen LogP contribution >= 0.6 is 0 Å². The summed E-state index contributed by atoms with van der Waals surface area (Å²) in [5.74, 6) is 0. The summed E-state index contributed by atoms with van der Waals surface area (Å²) in [5, 5.41) is 0. The molecule has 0 radical (unpaired) electrons. The molecule has 2 N–H and O–H groups in total. The maximum atomic E-state index is 5.82. The molecule has 0 amide bonds. The summed E-state index contributed by atoms with van der Waals surface area (Å²) in [5.41, 5.74) is 8.56. The molecule has 0 aliphatic carbocycles. The highest BCUT2D eigenvalue weighted by Crippen LogP contribution is 2.24. The van der Waals surface area contributed by atoms with Crippen molar-refractivity contribution in [3.05, 3.63) is 36.7 Å². The van der Waals surface area contributed by atoms with Crippen LogP contribution in [0.3, 0.4) is 0 Å². The molecular weight excluding hydrogens is 178 g/mol. The number of aromatic nitrogens is 2. The van der Waals surface area contributed by atoms with Crippen LogP contribution in [0.5, 0.6) is 0 Å². The van der Waals surface area contributed by atoms with Crippen LogP contribution in [0.15, 0.2) is 35.5 Å². The van der Waals surface area contributed by atoms with Gasteiger partial charge in [0, 0.05) is 24.0 Å². The summed E-state index contributed by atoms with van der Waals surface area (Å²) in [6.07, 6.45) is 6.48. The maximum Gasteiger partial charge on any atom is 0.181 e. The van der Waals surface area contributed by atoms with E-state index in [2.05, 4.69) is 9.97 Å². The zero-order valence-corrected chi connectivity index (χ0v) is 7.84. The summed E-state index contributed by atoms with van der Waals surface area (Å²) >= 11 is 0. The van der Waals surface area contributed by atoms with Crippen molar-refractivity contribution in [3.8, 4) is 11.3 Å². The molecule has 2 heterocycles. The van der Waals surface area contributed by atoms with Crippen molar-refractivity contribution in [3.63, 3.8) is 0 Å². The molecule has 0 aromatic carbocycles. The van der Waals surface area contributed by atoms with Gasteiger partial charge in [-0.25, -0.2) is 4.98 Å². The average Bonchev–Trinajstić information content (AvgIpc) is 2.70. The van der Waals surface area contributed by atoms with E-state index in [-0.39, 0.29) is 6.04 Å². The number of hydrogen-bond acceptors (Lipinski definition) is 4. The van der Waals surface area contributed by atoms with Gasteiger partial charge in [-0.2, -0.15) is 0 Å². The number of nitrogens with two attached hydrogens (primary N) is 1. The molecular formula is C10H11N3O. The lowest BCUT2D eigenvalue weighted by atomic mass is 10.0. The molecule has 0 fully saturated rings. The van der Waals surface area contributed by atoms with Gasteiger partial charge in [-0.1, -0.05) is 0 Å². The fraction of sp³-hybridized carbons (Fsp3) is 0.200. The Balaban J connectivity index is 2.53. The molecule has 14 heavy (non-hydrogen) atoms. The van der Waals surface area contributed by atoms with E-state index in [1.807, 2.05) is 13.0 Å². The van der Waals surface area contributed by atoms with Gasteiger partial charge in [0.05, 0.1) is 0 Å². The van der Waals surface area contributed by atoms with Gasteiger partial charge in [-0.05, 0) is 18.6 Å². The Morgan fingerprint density at radius 2 is 2.36 bits per heavy atom. The van der Waals surface area contributed by atoms with E-state index in [0.717, 1.165) is 16.8 Å². The van der Waals surface area contributed by atoms with Crippen molar-refractivity contribution >= 4 is 0 Å². The Morgan fingerprint density at radius 3 is 3.00 bits per heavy atom. The SMILES string of the molecule is CC(N)c1cnccc1-c1cocn1. The Labute approximate surface area is 81.8 Å². The van der Waals surface area contributed by atoms with Gasteiger partial charge >= 0.3 is 0 Å². The third kappa shape index (κ3) is 1.52. The molecule has 2 aromatic rings. The molecule has 2 rings (SSSR count). The van der Waals surface area contributed by atoms with Crippen LogP contribution in [0.25, 0.3) is 11.3 Å². The lowest BCUT2D eigenvalue weighted by molar-refractivity contribution is 0.558. The largest absolute Gasteiger partial charge is 0.451 e. The second kappa shape index (κ2) is 3.59. The van der Waals surface area contributed by atoms with E-state index in [0.29, 0.717) is 0 Å². The summed E-state index contributed by atoms with van der Waals surface area (Å²) in [7, 11) is 0. The van der Waals surface area contributed by atoms with Gasteiger partial charge in [0.15, 0.2) is 6.39 Å². The molecule has 0 aliphatic heterocycles. The quantitative estimate of drug-likeness (QED) is 0.781. The molecule has 0 spiro atoms. The van der Waals surface area contributed by atoms with Crippen molar-refractivity contribution in [1.82, 2.24) is 9.97 Å². The van der Waals surface area contributed by atoms with Crippen LogP contribution < -0.4 is 5.73 Å². The van der Waals surface area contributed by atoms with Crippen LogP contribution in [0, 0.1) is 0 Å². The van der Waals surface area contributed by atoms with Gasteiger partial charge in [0.1, 0.15) is 12.0 Å². The second-order valence-electron chi connectivity index (χ2n) is 3.13. The Kier molecular flexibility index (Phi) is 2.28. The van der Waals surface area contributed by atoms with E-state index < -0.39 is 0 Å². The van der Waals surface area contributed by atoms with E-state index in [9.17, 15) is 0 Å². The standard InChI is InChI=1S/C10H11N3O/c1-7(11)9-4-12-3-2-8(9)10-5-14-6-13-10/h2-7H,11H2,1H3. The minimum absolute atomic E-state index is 0.0598. The molecule has 1 unspecified atom stereocenters. The van der Waals surface area contributed by atoms with Crippen molar-refractivity contribution in [2.45, 2.75) is 13.0 Å². The fourth-order valence-electron chi connectivity index (χ4n) is 1.35. The van der Waals surface area contributed by atoms with Crippen molar-refractivity contribution in [2.24, 2.45) is 5.73 Å². The first kappa shape index (κ1) is 8.90. The van der Waals surface area contributed by atoms with Gasteiger partial charge in [0.25, 0.3) is 0 Å². The van der Waals surface area contributed by atoms with Crippen molar-refractivity contribution < 1.29 is 4.42 Å². The number of hydrogen-bond donors (Lipinski definition) is 1. The van der Waals surface area contributed by atoms with Crippen LogP contribution in [0.1, 0.15) is 18.5 Å². The van der Waals surface area contributed by atoms with E-state index >= 15 is 0 Å². The molecule has 72 valence electrons. The third-order valence-electron chi connectivity index (χ3n) is 2.05. The fourth-order valence-corrected chi connectivity index (χ4v) is 1.35. The molecule has 0 saturated carbocycles. The summed E-state index contributed by atoms with van der Waals surface area (Å²) in [6, 6.07) is 1.83. The highest BCUT2D eigenvalue weighted by Gasteiger charge is 2.10. The van der Waals surface area contributed by atoms with Gasteiger partial charge in [-0.3, -0.25) is 4.98 Å². The third-order valence-corrected chi connectivity index (χ3v) is 2.05. The molecule has 0 bridgehead atoms. The predicted octanol–water partition coefficient (Wildman–Crippen LogP) is 1.76. The maximum absolute atomic E-state index is 5.82. The summed E-state index contributed by atoms with van der Waals surface area (Å²) in [4.78, 5) is 8.12. The number of nitrogens with zero attached hydrogens (tertiary/aromatic N) is 2. The molecule has 0 aliphatic rings. The predicted molar refractivity (Wildman–Crippen MR) is 52.3 cm³/mol. The highest BCUT2D eigenvalue weighted by atomic mass is 16.3. The first-order valence-electron chi connectivity index (χ1n) is 4.37. The zero-order valence-electron chi connectivity index (χ0n) is 7.84. The van der Waals surface area contributed by atoms with Gasteiger partial charge in [0.2, 0.25) is 0 Å². The number of rotatable bonds is 2. The van der Waals surface area contributed by atoms with Gasteiger partial charge < -0.3 is 10.2 Å². The second-order valence-corrected chi connectivity index (χ2v) is 3.13. The minimum Gasteiger partial charge on any atom is -0.451 e. The zero-order chi connectivity index (χ0) is 9.97. The smallest absolute Gasteiger partial charge is 0.181 e. The first-order valence-corrected chi connectivity index (χ1v) is 4.37.